The Hall–Kier alpha value is -9.06. The number of aromatic nitrogens is 4. The van der Waals surface area contributed by atoms with Crippen LogP contribution in [0.1, 0.15) is 139 Å². The van der Waals surface area contributed by atoms with Gasteiger partial charge >= 0.3 is 0 Å². The van der Waals surface area contributed by atoms with Crippen molar-refractivity contribution >= 4 is 59.9 Å². The number of methoxy groups -OCH3 is 4. The molecular weight excluding hydrogens is 997 g/mol. The Labute approximate surface area is 462 Å². The highest BCUT2D eigenvalue weighted by molar-refractivity contribution is 5.96. The van der Waals surface area contributed by atoms with Gasteiger partial charge in [0.05, 0.1) is 64.3 Å². The predicted octanol–water partition coefficient (Wildman–Crippen LogP) is 10.0. The van der Waals surface area contributed by atoms with E-state index in [1.165, 1.54) is 17.2 Å². The number of ether oxygens (including phenoxy) is 4. The van der Waals surface area contributed by atoms with Crippen LogP contribution < -0.4 is 41.9 Å². The number of hydrogen-bond donors (Lipinski definition) is 4. The van der Waals surface area contributed by atoms with Crippen LogP contribution in [0.5, 0.6) is 23.0 Å². The average Bonchev–Trinajstić information content (AvgIpc) is 3.44. The van der Waals surface area contributed by atoms with Crippen molar-refractivity contribution in [3.63, 3.8) is 0 Å². The maximum atomic E-state index is 13.5. The van der Waals surface area contributed by atoms with Crippen LogP contribution in [0.4, 0.5) is 23.5 Å². The largest absolute Gasteiger partial charge is 0.493 e. The zero-order chi connectivity index (χ0) is 56.8. The summed E-state index contributed by atoms with van der Waals surface area (Å²) in [6, 6.07) is 23.2. The summed E-state index contributed by atoms with van der Waals surface area (Å²) in [5.74, 6) is 2.68. The van der Waals surface area contributed by atoms with Crippen molar-refractivity contribution in [3.8, 4) is 23.0 Å². The van der Waals surface area contributed by atoms with Crippen LogP contribution in [0.2, 0.25) is 0 Å². The van der Waals surface area contributed by atoms with Crippen LogP contribution in [0.25, 0.3) is 12.2 Å². The minimum absolute atomic E-state index is 0.124. The third-order valence-corrected chi connectivity index (χ3v) is 13.3. The molecule has 0 fully saturated rings. The molecule has 0 saturated carbocycles. The molecule has 18 nitrogen and oxygen atoms in total. The standard InChI is InChI=1S/C31H36N6O3.C30H36N6O3/c1-6-9-25-24(30(32)36-31(33)35-25)16-20-15-21(29(40-5)27(17-20)39-4)12-13-28(38)37-26(14-19(2)3)23-11-8-7-10-22(23)18-34-37;1-5-9-24-23(29(31)35-30(32)34-24)16-19-15-20(28(39-4)26(17-19)38-3)13-14-27(37)36-25(10-6-2)22-12-8-7-11-21(22)18-33-36/h7-8,10-15,17-18,26H,6,9,16H2,1-5H3,(H4,32,33,35,36);7-8,11-15,17-18,25H,5-6,9-10,16H2,1-4H3,(H4,31,32,34,35)/b13-12+;14-13+. The number of carbonyl (C=O) groups is 2. The summed E-state index contributed by atoms with van der Waals surface area (Å²) in [4.78, 5) is 44.1. The number of amides is 2. The van der Waals surface area contributed by atoms with Gasteiger partial charge in [0.1, 0.15) is 11.6 Å². The molecule has 2 aliphatic heterocycles. The highest BCUT2D eigenvalue weighted by Gasteiger charge is 2.29. The summed E-state index contributed by atoms with van der Waals surface area (Å²) in [6.07, 6.45) is 17.9. The van der Waals surface area contributed by atoms with E-state index in [-0.39, 0.29) is 35.8 Å². The van der Waals surface area contributed by atoms with E-state index in [2.05, 4.69) is 57.0 Å². The Bertz CT molecular complexity index is 3330. The molecule has 6 aromatic rings. The van der Waals surface area contributed by atoms with Gasteiger partial charge < -0.3 is 41.9 Å². The van der Waals surface area contributed by atoms with Gasteiger partial charge in [0.15, 0.2) is 23.0 Å². The lowest BCUT2D eigenvalue weighted by Gasteiger charge is -2.31. The fraction of sp³-hybridized carbons (Fsp3) is 0.311. The molecule has 2 unspecified atom stereocenters. The van der Waals surface area contributed by atoms with E-state index < -0.39 is 0 Å². The van der Waals surface area contributed by atoms with Crippen LogP contribution in [0, 0.1) is 0 Å². The molecule has 79 heavy (non-hydrogen) atoms. The van der Waals surface area contributed by atoms with Crippen molar-refractivity contribution < 1.29 is 28.5 Å². The molecule has 0 radical (unpaired) electrons. The number of nitrogens with two attached hydrogens (primary N) is 4. The molecule has 2 aliphatic rings. The Morgan fingerprint density at radius 3 is 1.49 bits per heavy atom. The van der Waals surface area contributed by atoms with Crippen LogP contribution in [-0.2, 0) is 35.3 Å². The van der Waals surface area contributed by atoms with Crippen molar-refractivity contribution in [2.24, 2.45) is 10.2 Å². The summed E-state index contributed by atoms with van der Waals surface area (Å²) in [7, 11) is 6.30. The molecule has 4 aromatic carbocycles. The van der Waals surface area contributed by atoms with Crippen molar-refractivity contribution in [3.05, 3.63) is 164 Å². The fourth-order valence-corrected chi connectivity index (χ4v) is 9.78. The molecule has 2 aromatic heterocycles. The quantitative estimate of drug-likeness (QED) is 0.0435. The maximum absolute atomic E-state index is 13.5. The van der Waals surface area contributed by atoms with E-state index in [1.54, 1.807) is 58.0 Å². The van der Waals surface area contributed by atoms with E-state index in [4.69, 9.17) is 41.9 Å². The first-order valence-electron chi connectivity index (χ1n) is 26.4. The number of carbonyl (C=O) groups excluding carboxylic acids is 2. The lowest BCUT2D eigenvalue weighted by Crippen LogP contribution is -2.32. The zero-order valence-corrected chi connectivity index (χ0v) is 46.6. The van der Waals surface area contributed by atoms with Crippen molar-refractivity contribution in [1.29, 1.82) is 0 Å². The highest BCUT2D eigenvalue weighted by atomic mass is 16.5. The first-order valence-corrected chi connectivity index (χ1v) is 26.4. The number of aryl methyl sites for hydroxylation is 2. The van der Waals surface area contributed by atoms with Gasteiger partial charge in [0.2, 0.25) is 11.9 Å². The molecule has 8 N–H and O–H groups in total. The summed E-state index contributed by atoms with van der Waals surface area (Å²) >= 11 is 0. The van der Waals surface area contributed by atoms with E-state index in [1.807, 2.05) is 86.7 Å². The van der Waals surface area contributed by atoms with Gasteiger partial charge in [-0.15, -0.1) is 0 Å². The second-order valence-electron chi connectivity index (χ2n) is 19.3. The second-order valence-corrected chi connectivity index (χ2v) is 19.3. The highest BCUT2D eigenvalue weighted by Crippen LogP contribution is 2.38. The summed E-state index contributed by atoms with van der Waals surface area (Å²) in [6.45, 7) is 10.3. The number of fused-ring (bicyclic) bond motifs is 2. The molecule has 4 heterocycles. The van der Waals surface area contributed by atoms with Gasteiger partial charge in [-0.1, -0.05) is 100 Å². The number of benzene rings is 4. The lowest BCUT2D eigenvalue weighted by atomic mass is 9.95. The van der Waals surface area contributed by atoms with Gasteiger partial charge in [0, 0.05) is 52.8 Å². The molecule has 2 amide bonds. The average molecular weight is 1070 g/mol. The Kier molecular flexibility index (Phi) is 19.6. The van der Waals surface area contributed by atoms with Crippen LogP contribution >= 0.6 is 0 Å². The number of rotatable bonds is 19. The van der Waals surface area contributed by atoms with E-state index >= 15 is 0 Å². The number of allylic oxidation sites excluding steroid dienone is 1. The van der Waals surface area contributed by atoms with Crippen LogP contribution in [0.3, 0.4) is 0 Å². The molecule has 0 bridgehead atoms. The first-order chi connectivity index (χ1) is 38.1. The number of hydrogen-bond acceptors (Lipinski definition) is 16. The molecule has 8 rings (SSSR count). The smallest absolute Gasteiger partial charge is 0.267 e. The number of nitrogens with zero attached hydrogens (tertiary/aromatic N) is 8. The molecule has 0 aliphatic carbocycles. The van der Waals surface area contributed by atoms with Gasteiger partial charge in [-0.25, -0.2) is 20.0 Å². The van der Waals surface area contributed by atoms with E-state index in [0.717, 1.165) is 100.0 Å². The number of hydrazone groups is 2. The second kappa shape index (κ2) is 26.8. The predicted molar refractivity (Wildman–Crippen MR) is 314 cm³/mol. The van der Waals surface area contributed by atoms with Gasteiger partial charge in [-0.3, -0.25) is 9.59 Å². The third-order valence-electron chi connectivity index (χ3n) is 13.3. The topological polar surface area (TPSA) is 258 Å². The van der Waals surface area contributed by atoms with Gasteiger partial charge in [-0.2, -0.15) is 20.2 Å². The van der Waals surface area contributed by atoms with Crippen molar-refractivity contribution in [1.82, 2.24) is 30.0 Å². The Morgan fingerprint density at radius 2 is 1.04 bits per heavy atom. The van der Waals surface area contributed by atoms with Crippen LogP contribution in [-0.4, -0.2) is 82.6 Å². The van der Waals surface area contributed by atoms with E-state index in [0.29, 0.717) is 58.6 Å². The SMILES string of the molecule is CCCc1nc(N)nc(N)c1Cc1cc(/C=C/C(=O)N2N=Cc3ccccc3C2C=C(C)C)c(OC)c(OC)c1.CCCc1nc(N)nc(N)c1Cc1cc(/C=C/C(=O)N2N=Cc3ccccc3C2CCC)c(OC)c(OC)c1. The van der Waals surface area contributed by atoms with E-state index in [9.17, 15) is 9.59 Å². The molecular formula is C61H72N12O6. The minimum atomic E-state index is -0.309. The molecule has 0 spiro atoms. The molecule has 412 valence electrons. The van der Waals surface area contributed by atoms with Crippen molar-refractivity contribution in [2.45, 2.75) is 98.1 Å². The fourth-order valence-electron chi connectivity index (χ4n) is 9.78. The Morgan fingerprint density at radius 1 is 0.582 bits per heavy atom. The first kappa shape index (κ1) is 57.6. The minimum Gasteiger partial charge on any atom is -0.493 e. The maximum Gasteiger partial charge on any atom is 0.267 e. The molecule has 0 saturated heterocycles. The molecule has 2 atom stereocenters. The monoisotopic (exact) mass is 1070 g/mol. The number of anilines is 4. The summed E-state index contributed by atoms with van der Waals surface area (Å²) < 4.78 is 22.6. The lowest BCUT2D eigenvalue weighted by molar-refractivity contribution is -0.129. The van der Waals surface area contributed by atoms with Crippen molar-refractivity contribution in [2.75, 3.05) is 51.4 Å². The normalized spacial score (nSPS) is 14.3. The summed E-state index contributed by atoms with van der Waals surface area (Å²) in [5.41, 5.74) is 35.9. The van der Waals surface area contributed by atoms with Crippen LogP contribution in [0.15, 0.2) is 107 Å². The molecule has 18 heteroatoms. The third kappa shape index (κ3) is 13.7. The number of nitrogen functional groups attached to an aromatic ring is 4. The summed E-state index contributed by atoms with van der Waals surface area (Å²) in [5, 5.41) is 12.0. The van der Waals surface area contributed by atoms with Gasteiger partial charge in [0.25, 0.3) is 11.8 Å². The Balaban J connectivity index is 0.000000229. The van der Waals surface area contributed by atoms with Gasteiger partial charge in [-0.05, 0) is 97.3 Å². The zero-order valence-electron chi connectivity index (χ0n) is 46.6.